The van der Waals surface area contributed by atoms with Crippen LogP contribution in [0.5, 0.6) is 57.5 Å². The molecule has 128 heavy (non-hydrogen) atoms. The molecule has 10 aromatic carbocycles. The number of amides is 4. The van der Waals surface area contributed by atoms with Crippen LogP contribution in [0.25, 0.3) is 0 Å². The first-order chi connectivity index (χ1) is 60.3. The van der Waals surface area contributed by atoms with E-state index in [-0.39, 0.29) is 61.2 Å². The van der Waals surface area contributed by atoms with Gasteiger partial charge in [0.2, 0.25) is 0 Å². The van der Waals surface area contributed by atoms with Crippen molar-refractivity contribution in [2.45, 2.75) is 174 Å². The Morgan fingerprint density at radius 2 is 0.555 bits per heavy atom. The largest absolute Gasteiger partial charge is 0.508 e. The van der Waals surface area contributed by atoms with Crippen LogP contribution in [-0.4, -0.2) is 105 Å². The van der Waals surface area contributed by atoms with Gasteiger partial charge in [0, 0.05) is 5.33 Å². The predicted molar refractivity (Wildman–Crippen MR) is 475 cm³/mol. The van der Waals surface area contributed by atoms with Crippen LogP contribution in [0.1, 0.15) is 172 Å². The van der Waals surface area contributed by atoms with Crippen LogP contribution >= 0.6 is 15.9 Å². The maximum absolute atomic E-state index is 13.1. The number of benzene rings is 10. The van der Waals surface area contributed by atoms with Gasteiger partial charge >= 0.3 is 48.3 Å². The summed E-state index contributed by atoms with van der Waals surface area (Å²) < 4.78 is 97.9. The molecule has 0 saturated heterocycles. The van der Waals surface area contributed by atoms with Crippen molar-refractivity contribution in [1.82, 2.24) is 21.3 Å². The molecule has 682 valence electrons. The average Bonchev–Trinajstić information content (AvgIpc) is 0.862. The smallest absolute Gasteiger partial charge is 0.408 e. The third kappa shape index (κ3) is 41.7. The van der Waals surface area contributed by atoms with Crippen LogP contribution < -0.4 is 45.0 Å². The van der Waals surface area contributed by atoms with E-state index in [0.29, 0.717) is 69.1 Å². The first-order valence-corrected chi connectivity index (χ1v) is 41.2. The fourth-order valence-electron chi connectivity index (χ4n) is 11.0. The van der Waals surface area contributed by atoms with Crippen LogP contribution in [-0.2, 0) is 66.1 Å². The van der Waals surface area contributed by atoms with Crippen molar-refractivity contribution in [1.29, 1.82) is 0 Å². The highest BCUT2D eigenvalue weighted by Crippen LogP contribution is 2.31. The first kappa shape index (κ1) is 103. The number of alkyl halides is 1. The summed E-state index contributed by atoms with van der Waals surface area (Å²) in [4.78, 5) is 93.5. The Morgan fingerprint density at radius 1 is 0.320 bits per heavy atom. The van der Waals surface area contributed by atoms with E-state index in [1.54, 1.807) is 204 Å². The normalized spacial score (nSPS) is 11.8. The maximum atomic E-state index is 13.1. The van der Waals surface area contributed by atoms with Gasteiger partial charge in [0.25, 0.3) is 0 Å². The number of rotatable bonds is 29. The molecule has 8 N–H and O–H groups in total. The molecular formula is C97H108BrF3N4O23. The minimum Gasteiger partial charge on any atom is -0.508 e. The minimum atomic E-state index is -1.05. The molecule has 0 unspecified atom stereocenters. The van der Waals surface area contributed by atoms with Gasteiger partial charge in [-0.15, -0.1) is 0 Å². The van der Waals surface area contributed by atoms with Gasteiger partial charge in [0.15, 0.2) is 0 Å². The Morgan fingerprint density at radius 3 is 0.797 bits per heavy atom. The Hall–Kier alpha value is -14.0. The van der Waals surface area contributed by atoms with E-state index >= 15 is 0 Å². The number of hydrogen-bond donors (Lipinski definition) is 8. The van der Waals surface area contributed by atoms with Crippen molar-refractivity contribution >= 4 is 64.2 Å². The van der Waals surface area contributed by atoms with Gasteiger partial charge in [0.1, 0.15) is 111 Å². The predicted octanol–water partition coefficient (Wildman–Crippen LogP) is 22.0. The van der Waals surface area contributed by atoms with Gasteiger partial charge in [-0.05, 0) is 280 Å². The number of methoxy groups -OCH3 is 2. The number of esters is 2. The second-order valence-corrected chi connectivity index (χ2v) is 32.8. The lowest BCUT2D eigenvalue weighted by Gasteiger charge is -2.23. The van der Waals surface area contributed by atoms with Crippen molar-refractivity contribution in [2.75, 3.05) is 14.2 Å². The molecule has 0 radical (unpaired) electrons. The molecule has 0 fully saturated rings. The Bertz CT molecular complexity index is 5180. The monoisotopic (exact) mass is 1830 g/mol. The van der Waals surface area contributed by atoms with Gasteiger partial charge in [0.05, 0.1) is 64.1 Å². The van der Waals surface area contributed by atoms with Crippen molar-refractivity contribution < 1.29 is 124 Å². The highest BCUT2D eigenvalue weighted by molar-refractivity contribution is 9.08. The summed E-state index contributed by atoms with van der Waals surface area (Å²) >= 11 is 3.38. The fourth-order valence-corrected chi connectivity index (χ4v) is 11.4. The lowest BCUT2D eigenvalue weighted by atomic mass is 10.0. The second kappa shape index (κ2) is 50.2. The molecule has 4 atom stereocenters. The van der Waals surface area contributed by atoms with Gasteiger partial charge in [-0.25, -0.2) is 32.3 Å². The van der Waals surface area contributed by atoms with Crippen LogP contribution in [0, 0.1) is 17.5 Å². The first-order valence-electron chi connectivity index (χ1n) is 40.1. The maximum Gasteiger partial charge on any atom is 0.408 e. The van der Waals surface area contributed by atoms with Gasteiger partial charge in [-0.1, -0.05) is 101 Å². The molecule has 31 heteroatoms. The standard InChI is InChI=1S/C28H30FNO6.C27H28FNO6.C15H21NO5.C14H19NO5.C13H10BrFO/c1-28(2,3)36-27(32)30-25(17-26(31)33-4)20-8-12-22(13-9-20)34-18-19-6-5-7-24(16-19)35-23-14-10-21(29)11-15-23;1-27(2,3)35-26(32)29-24(16-25(30)31)19-7-11-21(12-8-19)33-17-18-5-4-6-23(15-18)34-22-13-9-20(28)10-14-22;1-15(2,3)21-14(19)16-12(9-13(18)20-4)10-5-7-11(17)8-6-10;1-14(2,3)20-13(19)15-11(8-12(17)18)9-4-6-10(16)7-5-9;14-9-10-2-1-3-13(8-10)16-12-6-4-11(15)5-7-12/h5-16,25H,17-18H2,1-4H3,(H,30,32);4-15,24H,16-17H2,1-3H3,(H,29,32)(H,30,31);5-8,12,17H,9H2,1-4H3,(H,16,19);4-7,11,16H,8H2,1-3H3,(H,15,19)(H,17,18);1-8H,9H2/t25-;24-;12-;11-;/m0000./s1. The summed E-state index contributed by atoms with van der Waals surface area (Å²) in [5, 5.41) is 47.9. The number of carbonyl (C=O) groups is 8. The summed E-state index contributed by atoms with van der Waals surface area (Å²) in [5.74, 6) is 1.08. The van der Waals surface area contributed by atoms with Crippen molar-refractivity contribution in [3.63, 3.8) is 0 Å². The number of carboxylic acids is 2. The lowest BCUT2D eigenvalue weighted by Crippen LogP contribution is -2.36. The van der Waals surface area contributed by atoms with Crippen LogP contribution in [0.15, 0.2) is 243 Å². The fraction of sp³-hybridized carbons (Fsp3) is 0.299. The molecule has 0 spiro atoms. The van der Waals surface area contributed by atoms with Gasteiger partial charge < -0.3 is 93.8 Å². The highest BCUT2D eigenvalue weighted by atomic mass is 79.9. The van der Waals surface area contributed by atoms with Crippen molar-refractivity contribution in [3.8, 4) is 57.5 Å². The molecule has 0 aliphatic rings. The van der Waals surface area contributed by atoms with Crippen LogP contribution in [0.2, 0.25) is 0 Å². The molecule has 0 aromatic heterocycles. The Balaban J connectivity index is 0.000000255. The molecule has 4 amide bonds. The summed E-state index contributed by atoms with van der Waals surface area (Å²) in [6, 6.07) is 63.4. The molecule has 27 nitrogen and oxygen atoms in total. The van der Waals surface area contributed by atoms with E-state index in [2.05, 4.69) is 41.9 Å². The number of ether oxygens (including phenoxy) is 11. The molecule has 0 heterocycles. The number of phenols is 2. The topological polar surface area (TPSA) is 367 Å². The van der Waals surface area contributed by atoms with Crippen LogP contribution in [0.4, 0.5) is 32.3 Å². The number of alkyl carbamates (subject to hydrolysis) is 4. The molecular weight excluding hydrogens is 1730 g/mol. The molecule has 0 aliphatic carbocycles. The third-order valence-electron chi connectivity index (χ3n) is 16.7. The van der Waals surface area contributed by atoms with E-state index < -0.39 is 94.8 Å². The highest BCUT2D eigenvalue weighted by Gasteiger charge is 2.28. The second-order valence-electron chi connectivity index (χ2n) is 32.2. The van der Waals surface area contributed by atoms with E-state index in [1.807, 2.05) is 60.7 Å². The number of carbonyl (C=O) groups excluding carboxylic acids is 6. The van der Waals surface area contributed by atoms with Crippen molar-refractivity contribution in [3.05, 3.63) is 299 Å². The molecule has 0 saturated carbocycles. The number of hydrogen-bond acceptors (Lipinski definition) is 21. The lowest BCUT2D eigenvalue weighted by molar-refractivity contribution is -0.142. The minimum absolute atomic E-state index is 0.0273. The summed E-state index contributed by atoms with van der Waals surface area (Å²) in [7, 11) is 2.58. The average molecular weight is 1830 g/mol. The Kier molecular flexibility index (Phi) is 40.4. The molecule has 0 aliphatic heterocycles. The summed E-state index contributed by atoms with van der Waals surface area (Å²) in [6.07, 6.45) is -3.26. The zero-order chi connectivity index (χ0) is 94.3. The number of nitrogens with one attached hydrogen (secondary N) is 4. The number of carboxylic acid groups (broad SMARTS) is 2. The quantitative estimate of drug-likeness (QED) is 0.0123. The van der Waals surface area contributed by atoms with E-state index in [4.69, 9.17) is 52.5 Å². The zero-order valence-electron chi connectivity index (χ0n) is 73.4. The van der Waals surface area contributed by atoms with Crippen molar-refractivity contribution in [2.24, 2.45) is 0 Å². The van der Waals surface area contributed by atoms with Gasteiger partial charge in [-0.2, -0.15) is 0 Å². The molecule has 10 rings (SSSR count). The Labute approximate surface area is 750 Å². The zero-order valence-corrected chi connectivity index (χ0v) is 75.0. The number of halogens is 4. The number of aliphatic carboxylic acids is 2. The third-order valence-corrected chi connectivity index (χ3v) is 17.3. The molecule has 0 bridgehead atoms. The number of aromatic hydroxyl groups is 2. The van der Waals surface area contributed by atoms with E-state index in [1.165, 1.54) is 74.9 Å². The SMILES string of the molecule is CC(C)(C)OC(=O)N[C@@H](CC(=O)O)c1ccc(O)cc1.CC(C)(C)OC(=O)N[C@@H](CC(=O)O)c1ccc(OCc2cccc(Oc3ccc(F)cc3)c2)cc1.COC(=O)C[C@H](NC(=O)OC(C)(C)C)c1ccc(O)cc1.COC(=O)C[C@H](NC(=O)OC(C)(C)C)c1ccc(OCc2cccc(Oc3ccc(F)cc3)c2)cc1.Fc1ccc(Oc2cccc(CBr)c2)cc1. The number of phenolic OH excluding ortho intramolecular Hbond substituents is 2. The van der Waals surface area contributed by atoms with Crippen LogP contribution in [0.3, 0.4) is 0 Å². The van der Waals surface area contributed by atoms with E-state index in [0.717, 1.165) is 27.8 Å². The van der Waals surface area contributed by atoms with Gasteiger partial charge in [-0.3, -0.25) is 19.2 Å². The summed E-state index contributed by atoms with van der Waals surface area (Å²) in [5.41, 5.74) is 2.79. The summed E-state index contributed by atoms with van der Waals surface area (Å²) in [6.45, 7) is 21.5. The molecule has 10 aromatic rings. The van der Waals surface area contributed by atoms with E-state index in [9.17, 15) is 66.8 Å².